The van der Waals surface area contributed by atoms with Crippen LogP contribution in [0, 0.1) is 5.92 Å². The van der Waals surface area contributed by atoms with Crippen LogP contribution in [-0.4, -0.2) is 43.3 Å². The number of aromatic nitrogens is 2. The van der Waals surface area contributed by atoms with Crippen LogP contribution in [0.15, 0.2) is 15.5 Å². The molecule has 0 radical (unpaired) electrons. The molecule has 19 heavy (non-hydrogen) atoms. The summed E-state index contributed by atoms with van der Waals surface area (Å²) in [5.41, 5.74) is 0.579. The fourth-order valence-electron chi connectivity index (χ4n) is 1.92. The zero-order chi connectivity index (χ0) is 13.7. The van der Waals surface area contributed by atoms with Crippen LogP contribution in [0.2, 0.25) is 0 Å². The predicted molar refractivity (Wildman–Crippen MR) is 75.5 cm³/mol. The molecule has 1 aliphatic heterocycles. The minimum atomic E-state index is -0.148. The van der Waals surface area contributed by atoms with Crippen LogP contribution in [0.4, 0.5) is 5.69 Å². The van der Waals surface area contributed by atoms with Crippen LogP contribution >= 0.6 is 15.9 Å². The molecule has 1 aromatic heterocycles. The normalized spacial score (nSPS) is 18.7. The molecule has 2 rings (SSSR count). The highest BCUT2D eigenvalue weighted by atomic mass is 79.9. The Morgan fingerprint density at radius 3 is 3.21 bits per heavy atom. The highest BCUT2D eigenvalue weighted by Gasteiger charge is 2.16. The molecule has 1 aromatic rings. The number of halogens is 1. The van der Waals surface area contributed by atoms with Gasteiger partial charge < -0.3 is 14.8 Å². The van der Waals surface area contributed by atoms with Crippen molar-refractivity contribution in [3.05, 3.63) is 21.0 Å². The third-order valence-electron chi connectivity index (χ3n) is 3.10. The van der Waals surface area contributed by atoms with E-state index in [0.717, 1.165) is 31.9 Å². The molecule has 0 amide bonds. The number of nitrogens with one attached hydrogen (secondary N) is 1. The number of hydrogen-bond acceptors (Lipinski definition) is 5. The van der Waals surface area contributed by atoms with Crippen LogP contribution in [0.1, 0.15) is 6.42 Å². The Morgan fingerprint density at radius 2 is 2.53 bits per heavy atom. The highest BCUT2D eigenvalue weighted by molar-refractivity contribution is 9.10. The zero-order valence-corrected chi connectivity index (χ0v) is 12.5. The van der Waals surface area contributed by atoms with Crippen molar-refractivity contribution in [1.29, 1.82) is 0 Å². The maximum Gasteiger partial charge on any atom is 0.283 e. The third kappa shape index (κ3) is 3.77. The van der Waals surface area contributed by atoms with Gasteiger partial charge in [0.2, 0.25) is 0 Å². The first-order chi connectivity index (χ1) is 9.22. The smallest absolute Gasteiger partial charge is 0.283 e. The first kappa shape index (κ1) is 14.5. The monoisotopic (exact) mass is 331 g/mol. The Morgan fingerprint density at radius 1 is 1.68 bits per heavy atom. The Hall–Kier alpha value is -0.920. The maximum absolute atomic E-state index is 12.0. The minimum absolute atomic E-state index is 0.148. The van der Waals surface area contributed by atoms with Crippen molar-refractivity contribution in [2.75, 3.05) is 38.8 Å². The van der Waals surface area contributed by atoms with E-state index in [1.165, 1.54) is 4.68 Å². The van der Waals surface area contributed by atoms with Crippen LogP contribution < -0.4 is 10.9 Å². The lowest BCUT2D eigenvalue weighted by atomic mass is 10.1. The molecule has 0 aromatic carbocycles. The summed E-state index contributed by atoms with van der Waals surface area (Å²) in [6.45, 7) is 3.31. The number of rotatable bonds is 6. The van der Waals surface area contributed by atoms with Crippen molar-refractivity contribution in [3.8, 4) is 0 Å². The van der Waals surface area contributed by atoms with Gasteiger partial charge in [-0.1, -0.05) is 0 Å². The summed E-state index contributed by atoms with van der Waals surface area (Å²) in [5, 5.41) is 7.37. The largest absolute Gasteiger partial charge is 0.383 e. The summed E-state index contributed by atoms with van der Waals surface area (Å²) in [7, 11) is 1.60. The molecule has 2 heterocycles. The molecule has 1 unspecified atom stereocenters. The second kappa shape index (κ2) is 7.02. The quantitative estimate of drug-likeness (QED) is 0.845. The van der Waals surface area contributed by atoms with E-state index in [-0.39, 0.29) is 5.56 Å². The molecule has 7 heteroatoms. The second-order valence-corrected chi connectivity index (χ2v) is 5.30. The van der Waals surface area contributed by atoms with Crippen LogP contribution in [-0.2, 0) is 16.0 Å². The van der Waals surface area contributed by atoms with E-state index in [1.807, 2.05) is 0 Å². The van der Waals surface area contributed by atoms with Crippen molar-refractivity contribution in [3.63, 3.8) is 0 Å². The topological polar surface area (TPSA) is 65.4 Å². The molecular weight excluding hydrogens is 314 g/mol. The van der Waals surface area contributed by atoms with E-state index in [4.69, 9.17) is 9.47 Å². The first-order valence-corrected chi connectivity index (χ1v) is 7.08. The Balaban J connectivity index is 2.01. The molecule has 1 saturated heterocycles. The van der Waals surface area contributed by atoms with Gasteiger partial charge in [-0.2, -0.15) is 5.10 Å². The molecule has 1 aliphatic rings. The standard InChI is InChI=1S/C12H18BrN3O3/c1-18-5-3-16-12(17)11(13)10(7-15-16)14-6-9-2-4-19-8-9/h7,9,14H,2-6,8H2,1H3. The fraction of sp³-hybridized carbons (Fsp3) is 0.667. The highest BCUT2D eigenvalue weighted by Crippen LogP contribution is 2.18. The molecule has 0 aliphatic carbocycles. The van der Waals surface area contributed by atoms with E-state index >= 15 is 0 Å². The third-order valence-corrected chi connectivity index (χ3v) is 3.86. The van der Waals surface area contributed by atoms with Crippen molar-refractivity contribution >= 4 is 21.6 Å². The summed E-state index contributed by atoms with van der Waals surface area (Å²) in [4.78, 5) is 12.0. The number of methoxy groups -OCH3 is 1. The fourth-order valence-corrected chi connectivity index (χ4v) is 2.37. The Labute approximate surface area is 120 Å². The van der Waals surface area contributed by atoms with Gasteiger partial charge in [-0.15, -0.1) is 0 Å². The Kier molecular flexibility index (Phi) is 5.35. The van der Waals surface area contributed by atoms with Crippen LogP contribution in [0.5, 0.6) is 0 Å². The summed E-state index contributed by atoms with van der Waals surface area (Å²) in [5.74, 6) is 0.503. The van der Waals surface area contributed by atoms with Gasteiger partial charge in [0.15, 0.2) is 0 Å². The predicted octanol–water partition coefficient (Wildman–Crippen LogP) is 1.10. The average Bonchev–Trinajstić information content (AvgIpc) is 2.92. The number of nitrogens with zero attached hydrogens (tertiary/aromatic N) is 2. The lowest BCUT2D eigenvalue weighted by molar-refractivity contribution is 0.181. The molecule has 6 nitrogen and oxygen atoms in total. The zero-order valence-electron chi connectivity index (χ0n) is 10.9. The number of anilines is 1. The molecule has 1 atom stereocenters. The van der Waals surface area contributed by atoms with E-state index in [1.54, 1.807) is 13.3 Å². The summed E-state index contributed by atoms with van der Waals surface area (Å²) in [6.07, 6.45) is 2.72. The average molecular weight is 332 g/mol. The Bertz CT molecular complexity index is 472. The minimum Gasteiger partial charge on any atom is -0.383 e. The molecule has 1 N–H and O–H groups in total. The molecular formula is C12H18BrN3O3. The van der Waals surface area contributed by atoms with Crippen molar-refractivity contribution < 1.29 is 9.47 Å². The van der Waals surface area contributed by atoms with Crippen LogP contribution in [0.25, 0.3) is 0 Å². The van der Waals surface area contributed by atoms with Gasteiger partial charge in [0.05, 0.1) is 31.6 Å². The van der Waals surface area contributed by atoms with E-state index in [9.17, 15) is 4.79 Å². The summed E-state index contributed by atoms with van der Waals surface area (Å²) >= 11 is 3.32. The molecule has 0 saturated carbocycles. The number of hydrogen-bond donors (Lipinski definition) is 1. The van der Waals surface area contributed by atoms with E-state index in [0.29, 0.717) is 23.5 Å². The van der Waals surface area contributed by atoms with Crippen molar-refractivity contribution in [1.82, 2.24) is 9.78 Å². The van der Waals surface area contributed by atoms with Crippen LogP contribution in [0.3, 0.4) is 0 Å². The van der Waals surface area contributed by atoms with Crippen molar-refractivity contribution in [2.24, 2.45) is 5.92 Å². The van der Waals surface area contributed by atoms with Gasteiger partial charge in [-0.25, -0.2) is 4.68 Å². The molecule has 1 fully saturated rings. The lowest BCUT2D eigenvalue weighted by Gasteiger charge is -2.12. The second-order valence-electron chi connectivity index (χ2n) is 4.50. The first-order valence-electron chi connectivity index (χ1n) is 6.28. The molecule has 0 bridgehead atoms. The van der Waals surface area contributed by atoms with Gasteiger partial charge in [0.25, 0.3) is 5.56 Å². The van der Waals surface area contributed by atoms with Gasteiger partial charge in [-0.3, -0.25) is 4.79 Å². The maximum atomic E-state index is 12.0. The van der Waals surface area contributed by atoms with Gasteiger partial charge in [0.1, 0.15) is 4.47 Å². The van der Waals surface area contributed by atoms with E-state index in [2.05, 4.69) is 26.3 Å². The lowest BCUT2D eigenvalue weighted by Crippen LogP contribution is -2.27. The SMILES string of the molecule is COCCn1ncc(NCC2CCOC2)c(Br)c1=O. The molecule has 0 spiro atoms. The summed E-state index contributed by atoms with van der Waals surface area (Å²) in [6, 6.07) is 0. The van der Waals surface area contributed by atoms with Crippen molar-refractivity contribution in [2.45, 2.75) is 13.0 Å². The van der Waals surface area contributed by atoms with E-state index < -0.39 is 0 Å². The van der Waals surface area contributed by atoms with Gasteiger partial charge >= 0.3 is 0 Å². The summed E-state index contributed by atoms with van der Waals surface area (Å²) < 4.78 is 12.2. The number of ether oxygens (including phenoxy) is 2. The molecule has 106 valence electrons. The van der Waals surface area contributed by atoms with Gasteiger partial charge in [-0.05, 0) is 22.4 Å². The van der Waals surface area contributed by atoms with Gasteiger partial charge in [0, 0.05) is 26.2 Å².